The number of nitrogens with zero attached hydrogens (tertiary/aromatic N) is 2. The molecule has 1 N–H and O–H groups in total. The molecule has 0 atom stereocenters. The van der Waals surface area contributed by atoms with Crippen molar-refractivity contribution in [2.75, 3.05) is 0 Å². The molecule has 1 aromatic carbocycles. The maximum Gasteiger partial charge on any atom is 0.354 e. The first-order chi connectivity index (χ1) is 10.7. The summed E-state index contributed by atoms with van der Waals surface area (Å²) in [6, 6.07) is 9.84. The van der Waals surface area contributed by atoms with Gasteiger partial charge in [-0.05, 0) is 18.6 Å². The van der Waals surface area contributed by atoms with Crippen LogP contribution in [0.15, 0.2) is 36.5 Å². The van der Waals surface area contributed by atoms with E-state index in [9.17, 15) is 4.79 Å². The summed E-state index contributed by atoms with van der Waals surface area (Å²) >= 11 is 0. The molecule has 4 nitrogen and oxygen atoms in total. The van der Waals surface area contributed by atoms with Crippen molar-refractivity contribution in [2.24, 2.45) is 0 Å². The lowest BCUT2D eigenvalue weighted by molar-refractivity contribution is 0.0690. The Labute approximate surface area is 129 Å². The van der Waals surface area contributed by atoms with Crippen molar-refractivity contribution in [1.82, 2.24) is 9.55 Å². The highest BCUT2D eigenvalue weighted by molar-refractivity contribution is 6.09. The molecule has 0 saturated heterocycles. The minimum atomic E-state index is -0.985. The van der Waals surface area contributed by atoms with Crippen molar-refractivity contribution in [3.8, 4) is 0 Å². The number of para-hydroxylation sites is 1. The van der Waals surface area contributed by atoms with Crippen molar-refractivity contribution in [3.05, 3.63) is 42.2 Å². The second-order valence-electron chi connectivity index (χ2n) is 5.62. The zero-order chi connectivity index (χ0) is 15.5. The van der Waals surface area contributed by atoms with Crippen LogP contribution in [0.3, 0.4) is 0 Å². The van der Waals surface area contributed by atoms with Crippen LogP contribution in [0.5, 0.6) is 0 Å². The van der Waals surface area contributed by atoms with Crippen LogP contribution in [0.1, 0.15) is 43.1 Å². The molecule has 0 fully saturated rings. The summed E-state index contributed by atoms with van der Waals surface area (Å²) in [6.45, 7) is 3.15. The molecule has 3 aromatic rings. The Balaban J connectivity index is 2.10. The van der Waals surface area contributed by atoms with Gasteiger partial charge in [0.05, 0.1) is 11.7 Å². The van der Waals surface area contributed by atoms with Crippen molar-refractivity contribution >= 4 is 27.8 Å². The average Bonchev–Trinajstić information content (AvgIpc) is 2.85. The second-order valence-corrected chi connectivity index (χ2v) is 5.62. The van der Waals surface area contributed by atoms with E-state index in [0.29, 0.717) is 0 Å². The number of aromatic nitrogens is 2. The SMILES string of the molecule is CCCCCCn1c2ccccc2c2cc(C(=O)O)ncc21. The summed E-state index contributed by atoms with van der Waals surface area (Å²) in [6.07, 6.45) is 6.50. The fourth-order valence-electron chi connectivity index (χ4n) is 3.00. The quantitative estimate of drug-likeness (QED) is 0.683. The van der Waals surface area contributed by atoms with Gasteiger partial charge in [-0.3, -0.25) is 0 Å². The summed E-state index contributed by atoms with van der Waals surface area (Å²) in [5, 5.41) is 11.2. The number of carbonyl (C=O) groups is 1. The van der Waals surface area contributed by atoms with Gasteiger partial charge in [0.2, 0.25) is 0 Å². The maximum absolute atomic E-state index is 11.2. The third-order valence-electron chi connectivity index (χ3n) is 4.11. The van der Waals surface area contributed by atoms with Gasteiger partial charge < -0.3 is 9.67 Å². The molecule has 0 bridgehead atoms. The third-order valence-corrected chi connectivity index (χ3v) is 4.11. The van der Waals surface area contributed by atoms with E-state index >= 15 is 0 Å². The first-order valence-electron chi connectivity index (χ1n) is 7.82. The second kappa shape index (κ2) is 6.18. The van der Waals surface area contributed by atoms with Crippen LogP contribution in [0.25, 0.3) is 21.8 Å². The minimum absolute atomic E-state index is 0.0985. The van der Waals surface area contributed by atoms with E-state index in [2.05, 4.69) is 22.5 Å². The van der Waals surface area contributed by atoms with Crippen LogP contribution in [-0.4, -0.2) is 20.6 Å². The molecule has 2 aromatic heterocycles. The van der Waals surface area contributed by atoms with Crippen molar-refractivity contribution in [3.63, 3.8) is 0 Å². The number of hydrogen-bond acceptors (Lipinski definition) is 2. The molecule has 114 valence electrons. The molecule has 2 heterocycles. The number of hydrogen-bond donors (Lipinski definition) is 1. The van der Waals surface area contributed by atoms with E-state index in [4.69, 9.17) is 5.11 Å². The van der Waals surface area contributed by atoms with Crippen LogP contribution in [0.2, 0.25) is 0 Å². The van der Waals surface area contributed by atoms with Crippen molar-refractivity contribution < 1.29 is 9.90 Å². The van der Waals surface area contributed by atoms with Gasteiger partial charge in [-0.25, -0.2) is 9.78 Å². The van der Waals surface area contributed by atoms with Crippen molar-refractivity contribution in [1.29, 1.82) is 0 Å². The number of pyridine rings is 1. The number of fused-ring (bicyclic) bond motifs is 3. The van der Waals surface area contributed by atoms with Gasteiger partial charge in [0.25, 0.3) is 0 Å². The first kappa shape index (κ1) is 14.6. The number of aryl methyl sites for hydroxylation is 1. The van der Waals surface area contributed by atoms with Gasteiger partial charge in [0, 0.05) is 22.8 Å². The van der Waals surface area contributed by atoms with Gasteiger partial charge in [-0.1, -0.05) is 44.4 Å². The Bertz CT molecular complexity index is 820. The number of carboxylic acid groups (broad SMARTS) is 1. The molecule has 0 spiro atoms. The molecule has 3 rings (SSSR count). The van der Waals surface area contributed by atoms with Crippen LogP contribution in [0.4, 0.5) is 0 Å². The zero-order valence-electron chi connectivity index (χ0n) is 12.7. The van der Waals surface area contributed by atoms with E-state index in [0.717, 1.165) is 34.8 Å². The molecule has 0 aliphatic heterocycles. The van der Waals surface area contributed by atoms with E-state index in [-0.39, 0.29) is 5.69 Å². The van der Waals surface area contributed by atoms with Crippen LogP contribution >= 0.6 is 0 Å². The fraction of sp³-hybridized carbons (Fsp3) is 0.333. The number of rotatable bonds is 6. The fourth-order valence-corrected chi connectivity index (χ4v) is 3.00. The summed E-state index contributed by atoms with van der Waals surface area (Å²) in [5.41, 5.74) is 2.27. The van der Waals surface area contributed by atoms with Crippen LogP contribution < -0.4 is 0 Å². The predicted octanol–water partition coefficient (Wildman–Crippen LogP) is 4.47. The van der Waals surface area contributed by atoms with Crippen LogP contribution in [0, 0.1) is 0 Å². The highest BCUT2D eigenvalue weighted by atomic mass is 16.4. The van der Waals surface area contributed by atoms with E-state index in [1.807, 2.05) is 18.2 Å². The lowest BCUT2D eigenvalue weighted by atomic mass is 10.1. The Kier molecular flexibility index (Phi) is 4.09. The average molecular weight is 296 g/mol. The molecular weight excluding hydrogens is 276 g/mol. The monoisotopic (exact) mass is 296 g/mol. The smallest absolute Gasteiger partial charge is 0.354 e. The molecule has 0 aliphatic carbocycles. The molecule has 0 aliphatic rings. The topological polar surface area (TPSA) is 55.1 Å². The lowest BCUT2D eigenvalue weighted by Crippen LogP contribution is -2.01. The molecule has 0 radical (unpaired) electrons. The van der Waals surface area contributed by atoms with Gasteiger partial charge in [-0.15, -0.1) is 0 Å². The highest BCUT2D eigenvalue weighted by Gasteiger charge is 2.13. The Hall–Kier alpha value is -2.36. The number of benzene rings is 1. The Morgan fingerprint density at radius 1 is 1.14 bits per heavy atom. The molecule has 4 heteroatoms. The summed E-state index contributed by atoms with van der Waals surface area (Å²) in [4.78, 5) is 15.2. The van der Waals surface area contributed by atoms with Crippen LogP contribution in [-0.2, 0) is 6.54 Å². The number of unbranched alkanes of at least 4 members (excludes halogenated alkanes) is 3. The van der Waals surface area contributed by atoms with Gasteiger partial charge in [0.15, 0.2) is 0 Å². The lowest BCUT2D eigenvalue weighted by Gasteiger charge is -2.07. The molecular formula is C18H20N2O2. The molecule has 22 heavy (non-hydrogen) atoms. The van der Waals surface area contributed by atoms with Gasteiger partial charge in [-0.2, -0.15) is 0 Å². The van der Waals surface area contributed by atoms with Gasteiger partial charge >= 0.3 is 5.97 Å². The van der Waals surface area contributed by atoms with Gasteiger partial charge in [0.1, 0.15) is 5.69 Å². The minimum Gasteiger partial charge on any atom is -0.477 e. The Morgan fingerprint density at radius 2 is 1.95 bits per heavy atom. The van der Waals surface area contributed by atoms with E-state index in [1.54, 1.807) is 12.3 Å². The Morgan fingerprint density at radius 3 is 2.73 bits per heavy atom. The predicted molar refractivity (Wildman–Crippen MR) is 88.3 cm³/mol. The first-order valence-corrected chi connectivity index (χ1v) is 7.82. The maximum atomic E-state index is 11.2. The number of aromatic carboxylic acids is 1. The van der Waals surface area contributed by atoms with E-state index < -0.39 is 5.97 Å². The molecule has 0 amide bonds. The molecule has 0 unspecified atom stereocenters. The normalized spacial score (nSPS) is 11.3. The van der Waals surface area contributed by atoms with E-state index in [1.165, 1.54) is 19.3 Å². The summed E-state index contributed by atoms with van der Waals surface area (Å²) in [5.74, 6) is -0.985. The zero-order valence-corrected chi connectivity index (χ0v) is 12.7. The molecule has 0 saturated carbocycles. The summed E-state index contributed by atoms with van der Waals surface area (Å²) < 4.78 is 2.26. The standard InChI is InChI=1S/C18H20N2O2/c1-2-3-4-7-10-20-16-9-6-5-8-13(16)14-11-15(18(21)22)19-12-17(14)20/h5-6,8-9,11-12H,2-4,7,10H2,1H3,(H,21,22). The highest BCUT2D eigenvalue weighted by Crippen LogP contribution is 2.29. The van der Waals surface area contributed by atoms with Crippen molar-refractivity contribution in [2.45, 2.75) is 39.2 Å². The third kappa shape index (κ3) is 2.56. The number of carboxylic acids is 1. The summed E-state index contributed by atoms with van der Waals surface area (Å²) in [7, 11) is 0. The largest absolute Gasteiger partial charge is 0.477 e.